The van der Waals surface area contributed by atoms with Crippen molar-refractivity contribution in [2.24, 2.45) is 0 Å². The number of carboxylic acids is 1. The topological polar surface area (TPSA) is 61.1 Å². The van der Waals surface area contributed by atoms with Gasteiger partial charge in [0.1, 0.15) is 0 Å². The number of rotatable bonds is 4. The monoisotopic (exact) mass is 189 g/mol. The van der Waals surface area contributed by atoms with Crippen LogP contribution in [-0.4, -0.2) is 11.1 Å². The number of nitriles is 1. The average Bonchev–Trinajstić information content (AvgIpc) is 2.14. The second-order valence-corrected chi connectivity index (χ2v) is 2.50. The van der Waals surface area contributed by atoms with Crippen molar-refractivity contribution in [2.75, 3.05) is 0 Å². The van der Waals surface area contributed by atoms with Gasteiger partial charge in [-0.15, -0.1) is 0 Å². The molecule has 0 rings (SSSR count). The van der Waals surface area contributed by atoms with E-state index in [1.54, 1.807) is 18.2 Å². The normalized spacial score (nSPS) is 12.6. The fraction of sp³-hybridized carbons (Fsp3) is 0.0909. The highest BCUT2D eigenvalue weighted by Gasteiger charge is 1.99. The fourth-order valence-corrected chi connectivity index (χ4v) is 0.703. The van der Waals surface area contributed by atoms with E-state index >= 15 is 0 Å². The van der Waals surface area contributed by atoms with Crippen LogP contribution in [0.15, 0.2) is 48.1 Å². The highest BCUT2D eigenvalue weighted by atomic mass is 16.4. The van der Waals surface area contributed by atoms with Crippen molar-refractivity contribution in [1.82, 2.24) is 0 Å². The molecule has 0 fully saturated rings. The van der Waals surface area contributed by atoms with Gasteiger partial charge >= 0.3 is 5.97 Å². The summed E-state index contributed by atoms with van der Waals surface area (Å²) < 4.78 is 0. The predicted molar refractivity (Wildman–Crippen MR) is 54.4 cm³/mol. The smallest absolute Gasteiger partial charge is 0.331 e. The summed E-state index contributed by atoms with van der Waals surface area (Å²) in [6.45, 7) is 4.94. The van der Waals surface area contributed by atoms with Crippen LogP contribution in [-0.2, 0) is 4.79 Å². The molecule has 72 valence electrons. The molecular formula is C11H11NO2. The van der Waals surface area contributed by atoms with Crippen molar-refractivity contribution in [1.29, 1.82) is 5.26 Å². The summed E-state index contributed by atoms with van der Waals surface area (Å²) in [6.07, 6.45) is 7.49. The minimum Gasteiger partial charge on any atom is -0.478 e. The number of carbonyl (C=O) groups is 1. The summed E-state index contributed by atoms with van der Waals surface area (Å²) in [4.78, 5) is 10.5. The van der Waals surface area contributed by atoms with Crippen molar-refractivity contribution in [3.63, 3.8) is 0 Å². The number of nitrogens with zero attached hydrogens (tertiary/aromatic N) is 1. The lowest BCUT2D eigenvalue weighted by atomic mass is 10.1. The molecule has 0 atom stereocenters. The van der Waals surface area contributed by atoms with Crippen LogP contribution in [0.4, 0.5) is 0 Å². The SMILES string of the molecule is C=CC=CC(=CC#N)C=C(C)C(=O)O. The van der Waals surface area contributed by atoms with Crippen molar-refractivity contribution in [2.45, 2.75) is 6.92 Å². The van der Waals surface area contributed by atoms with Crippen LogP contribution in [0.1, 0.15) is 6.92 Å². The molecule has 3 heteroatoms. The molecule has 0 aromatic rings. The summed E-state index contributed by atoms with van der Waals surface area (Å²) in [5, 5.41) is 17.0. The molecule has 0 radical (unpaired) electrons. The number of aliphatic carboxylic acids is 1. The Morgan fingerprint density at radius 3 is 2.64 bits per heavy atom. The number of allylic oxidation sites excluding steroid dienone is 6. The van der Waals surface area contributed by atoms with Gasteiger partial charge in [0.2, 0.25) is 0 Å². The summed E-state index contributed by atoms with van der Waals surface area (Å²) >= 11 is 0. The zero-order valence-corrected chi connectivity index (χ0v) is 7.90. The third-order valence-corrected chi connectivity index (χ3v) is 1.38. The van der Waals surface area contributed by atoms with Gasteiger partial charge in [-0.05, 0) is 18.6 Å². The first-order valence-corrected chi connectivity index (χ1v) is 3.92. The summed E-state index contributed by atoms with van der Waals surface area (Å²) in [5.41, 5.74) is 0.715. The Morgan fingerprint density at radius 2 is 2.21 bits per heavy atom. The maximum atomic E-state index is 10.5. The lowest BCUT2D eigenvalue weighted by Gasteiger charge is -1.93. The van der Waals surface area contributed by atoms with Gasteiger partial charge < -0.3 is 5.11 Å². The van der Waals surface area contributed by atoms with Crippen molar-refractivity contribution in [3.8, 4) is 6.07 Å². The standard InChI is InChI=1S/C11H11NO2/c1-3-4-5-10(6-7-12)8-9(2)11(13)14/h3-6,8H,1H2,2H3,(H,13,14). The Bertz CT molecular complexity index is 354. The lowest BCUT2D eigenvalue weighted by Crippen LogP contribution is -1.95. The predicted octanol–water partition coefficient (Wildman–Crippen LogP) is 2.21. The number of hydrogen-bond donors (Lipinski definition) is 1. The van der Waals surface area contributed by atoms with Crippen molar-refractivity contribution < 1.29 is 9.90 Å². The van der Waals surface area contributed by atoms with Crippen LogP contribution in [0.25, 0.3) is 0 Å². The molecule has 1 N–H and O–H groups in total. The molecule has 0 saturated carbocycles. The first-order chi connectivity index (χ1) is 6.61. The minimum absolute atomic E-state index is 0.181. The first kappa shape index (κ1) is 11.9. The van der Waals surface area contributed by atoms with E-state index in [-0.39, 0.29) is 5.57 Å². The van der Waals surface area contributed by atoms with Gasteiger partial charge in [0.25, 0.3) is 0 Å². The second-order valence-electron chi connectivity index (χ2n) is 2.50. The molecular weight excluding hydrogens is 178 g/mol. The van der Waals surface area contributed by atoms with Crippen LogP contribution in [0.2, 0.25) is 0 Å². The summed E-state index contributed by atoms with van der Waals surface area (Å²) in [7, 11) is 0. The average molecular weight is 189 g/mol. The highest BCUT2D eigenvalue weighted by molar-refractivity contribution is 5.86. The van der Waals surface area contributed by atoms with E-state index in [9.17, 15) is 4.79 Å². The van der Waals surface area contributed by atoms with E-state index in [0.717, 1.165) is 0 Å². The quantitative estimate of drug-likeness (QED) is 0.419. The maximum absolute atomic E-state index is 10.5. The molecule has 0 heterocycles. The Labute approximate surface area is 83.0 Å². The Kier molecular flexibility index (Phi) is 5.48. The van der Waals surface area contributed by atoms with Gasteiger partial charge in [0.05, 0.1) is 6.07 Å². The largest absolute Gasteiger partial charge is 0.478 e. The van der Waals surface area contributed by atoms with Gasteiger partial charge in [-0.2, -0.15) is 5.26 Å². The minimum atomic E-state index is -0.999. The molecule has 0 aromatic heterocycles. The van der Waals surface area contributed by atoms with Crippen LogP contribution >= 0.6 is 0 Å². The van der Waals surface area contributed by atoms with Crippen LogP contribution in [0.5, 0.6) is 0 Å². The molecule has 14 heavy (non-hydrogen) atoms. The zero-order valence-electron chi connectivity index (χ0n) is 7.90. The first-order valence-electron chi connectivity index (χ1n) is 3.92. The lowest BCUT2D eigenvalue weighted by molar-refractivity contribution is -0.132. The van der Waals surface area contributed by atoms with E-state index in [1.807, 2.05) is 6.07 Å². The molecule has 0 aromatic carbocycles. The summed E-state index contributed by atoms with van der Waals surface area (Å²) in [6, 6.07) is 1.84. The van der Waals surface area contributed by atoms with Crippen molar-refractivity contribution in [3.05, 3.63) is 48.1 Å². The van der Waals surface area contributed by atoms with E-state index in [4.69, 9.17) is 10.4 Å². The third-order valence-electron chi connectivity index (χ3n) is 1.38. The zero-order chi connectivity index (χ0) is 11.0. The van der Waals surface area contributed by atoms with Gasteiger partial charge in [-0.25, -0.2) is 4.79 Å². The molecule has 0 bridgehead atoms. The van der Waals surface area contributed by atoms with Crippen LogP contribution in [0.3, 0.4) is 0 Å². The second kappa shape index (κ2) is 6.44. The highest BCUT2D eigenvalue weighted by Crippen LogP contribution is 2.04. The third kappa shape index (κ3) is 4.73. The van der Waals surface area contributed by atoms with Gasteiger partial charge in [0.15, 0.2) is 0 Å². The molecule has 3 nitrogen and oxygen atoms in total. The Morgan fingerprint density at radius 1 is 1.57 bits per heavy atom. The van der Waals surface area contributed by atoms with E-state index < -0.39 is 5.97 Å². The Hall–Kier alpha value is -2.08. The molecule has 0 unspecified atom stereocenters. The van der Waals surface area contributed by atoms with Crippen molar-refractivity contribution >= 4 is 5.97 Å². The molecule has 0 aliphatic carbocycles. The van der Waals surface area contributed by atoms with Crippen LogP contribution in [0, 0.1) is 11.3 Å². The molecule has 0 spiro atoms. The molecule has 0 saturated heterocycles. The van der Waals surface area contributed by atoms with E-state index in [1.165, 1.54) is 19.1 Å². The van der Waals surface area contributed by atoms with Crippen LogP contribution < -0.4 is 0 Å². The van der Waals surface area contributed by atoms with E-state index in [0.29, 0.717) is 5.57 Å². The Balaban J connectivity index is 4.89. The maximum Gasteiger partial charge on any atom is 0.331 e. The van der Waals surface area contributed by atoms with Gasteiger partial charge in [-0.3, -0.25) is 0 Å². The van der Waals surface area contributed by atoms with Gasteiger partial charge in [0, 0.05) is 11.6 Å². The fourth-order valence-electron chi connectivity index (χ4n) is 0.703. The molecule has 0 aliphatic rings. The van der Waals surface area contributed by atoms with Gasteiger partial charge in [-0.1, -0.05) is 24.8 Å². The number of hydrogen-bond acceptors (Lipinski definition) is 2. The van der Waals surface area contributed by atoms with E-state index in [2.05, 4.69) is 6.58 Å². The number of carboxylic acid groups (broad SMARTS) is 1. The molecule has 0 aliphatic heterocycles. The summed E-state index contributed by atoms with van der Waals surface area (Å²) in [5.74, 6) is -0.999. The molecule has 0 amide bonds.